The summed E-state index contributed by atoms with van der Waals surface area (Å²) in [6.07, 6.45) is -1.59. The van der Waals surface area contributed by atoms with Crippen LogP contribution in [-0.2, 0) is 0 Å². The maximum Gasteiger partial charge on any atom is 0.408 e. The number of aliphatic hydroxyl groups is 1. The normalized spacial score (nSPS) is 27.7. The summed E-state index contributed by atoms with van der Waals surface area (Å²) in [7, 11) is 0. The smallest absolute Gasteiger partial charge is 0.408 e. The first-order valence-corrected chi connectivity index (χ1v) is 4.75. The number of nitrogens with one attached hydrogen (secondary N) is 1. The van der Waals surface area contributed by atoms with Crippen LogP contribution in [0.4, 0.5) is 4.79 Å². The number of hydrogen-bond acceptors (Lipinski definition) is 3. The Bertz CT molecular complexity index is 225. The predicted octanol–water partition coefficient (Wildman–Crippen LogP) is 0.0976. The zero-order valence-electron chi connectivity index (χ0n) is 8.82. The minimum atomic E-state index is -0.981. The number of nitrogens with zero attached hydrogens (tertiary/aromatic N) is 1. The van der Waals surface area contributed by atoms with E-state index in [4.69, 9.17) is 5.11 Å². The lowest BCUT2D eigenvalue weighted by atomic mass is 10.0. The van der Waals surface area contributed by atoms with Crippen molar-refractivity contribution in [2.75, 3.05) is 13.1 Å². The molecule has 82 valence electrons. The molecule has 3 N–H and O–H groups in total. The zero-order valence-corrected chi connectivity index (χ0v) is 8.82. The summed E-state index contributed by atoms with van der Waals surface area (Å²) in [4.78, 5) is 12.4. The molecule has 0 saturated carbocycles. The van der Waals surface area contributed by atoms with Gasteiger partial charge in [-0.2, -0.15) is 0 Å². The third kappa shape index (κ3) is 2.16. The van der Waals surface area contributed by atoms with Crippen molar-refractivity contribution in [3.63, 3.8) is 0 Å². The number of rotatable bonds is 1. The Morgan fingerprint density at radius 2 is 2.00 bits per heavy atom. The van der Waals surface area contributed by atoms with Gasteiger partial charge >= 0.3 is 6.09 Å². The molecule has 0 aromatic carbocycles. The number of carboxylic acid groups (broad SMARTS) is 1. The van der Waals surface area contributed by atoms with Crippen LogP contribution in [-0.4, -0.2) is 52.0 Å². The van der Waals surface area contributed by atoms with Gasteiger partial charge in [-0.15, -0.1) is 0 Å². The highest BCUT2D eigenvalue weighted by Crippen LogP contribution is 2.21. The van der Waals surface area contributed by atoms with Crippen molar-refractivity contribution < 1.29 is 15.0 Å². The lowest BCUT2D eigenvalue weighted by Crippen LogP contribution is -2.55. The Labute approximate surface area is 83.7 Å². The van der Waals surface area contributed by atoms with Crippen LogP contribution in [0.2, 0.25) is 0 Å². The van der Waals surface area contributed by atoms with Crippen LogP contribution in [0, 0.1) is 0 Å². The third-order valence-electron chi connectivity index (χ3n) is 2.41. The molecule has 0 bridgehead atoms. The Morgan fingerprint density at radius 1 is 1.43 bits per heavy atom. The number of amides is 1. The molecule has 1 heterocycles. The van der Waals surface area contributed by atoms with Crippen LogP contribution in [0.15, 0.2) is 0 Å². The van der Waals surface area contributed by atoms with Crippen LogP contribution >= 0.6 is 0 Å². The Kier molecular flexibility index (Phi) is 3.01. The van der Waals surface area contributed by atoms with Gasteiger partial charge < -0.3 is 15.5 Å². The van der Waals surface area contributed by atoms with E-state index in [0.29, 0.717) is 13.1 Å². The fourth-order valence-electron chi connectivity index (χ4n) is 1.84. The second-order valence-electron chi connectivity index (χ2n) is 4.62. The van der Waals surface area contributed by atoms with Crippen LogP contribution in [0.3, 0.4) is 0 Å². The maximum atomic E-state index is 11.1. The first-order chi connectivity index (χ1) is 6.34. The van der Waals surface area contributed by atoms with E-state index in [1.54, 1.807) is 0 Å². The van der Waals surface area contributed by atoms with Gasteiger partial charge in [0.1, 0.15) is 0 Å². The minimum absolute atomic E-state index is 0.340. The number of aliphatic hydroxyl groups excluding tert-OH is 1. The lowest BCUT2D eigenvalue weighted by molar-refractivity contribution is 0.0298. The van der Waals surface area contributed by atoms with Crippen LogP contribution in [0.25, 0.3) is 0 Å². The topological polar surface area (TPSA) is 72.8 Å². The molecule has 0 aliphatic carbocycles. The van der Waals surface area contributed by atoms with Crippen molar-refractivity contribution in [3.8, 4) is 0 Å². The van der Waals surface area contributed by atoms with Crippen LogP contribution in [0.5, 0.6) is 0 Å². The third-order valence-corrected chi connectivity index (χ3v) is 2.41. The van der Waals surface area contributed by atoms with E-state index in [2.05, 4.69) is 5.32 Å². The average Bonchev–Trinajstić information content (AvgIpc) is 2.32. The van der Waals surface area contributed by atoms with Crippen molar-refractivity contribution in [3.05, 3.63) is 0 Å². The van der Waals surface area contributed by atoms with Gasteiger partial charge in [-0.3, -0.25) is 4.90 Å². The SMILES string of the molecule is CC(C)(C)N(C(=O)O)[C@H]1CNC[C@@H]1O. The van der Waals surface area contributed by atoms with E-state index in [0.717, 1.165) is 0 Å². The fraction of sp³-hybridized carbons (Fsp3) is 0.889. The second-order valence-corrected chi connectivity index (χ2v) is 4.62. The van der Waals surface area contributed by atoms with Gasteiger partial charge in [0.2, 0.25) is 0 Å². The van der Waals surface area contributed by atoms with E-state index in [9.17, 15) is 9.90 Å². The standard InChI is InChI=1S/C9H18N2O3/c1-9(2,3)11(8(13)14)6-4-10-5-7(6)12/h6-7,10,12H,4-5H2,1-3H3,(H,13,14)/t6-,7-/m0/s1. The largest absolute Gasteiger partial charge is 0.465 e. The van der Waals surface area contributed by atoms with Crippen LogP contribution < -0.4 is 5.32 Å². The summed E-state index contributed by atoms with van der Waals surface area (Å²) in [5.74, 6) is 0. The van der Waals surface area contributed by atoms with E-state index in [-0.39, 0.29) is 6.04 Å². The quantitative estimate of drug-likeness (QED) is 0.564. The van der Waals surface area contributed by atoms with Crippen molar-refractivity contribution in [2.45, 2.75) is 38.5 Å². The summed E-state index contributed by atoms with van der Waals surface area (Å²) < 4.78 is 0. The molecule has 0 spiro atoms. The van der Waals surface area contributed by atoms with Crippen molar-refractivity contribution in [1.29, 1.82) is 0 Å². The number of hydrogen-bond donors (Lipinski definition) is 3. The molecule has 1 amide bonds. The molecule has 5 heteroatoms. The number of β-amino-alcohol motifs (C(OH)–C–C–N with tert-alkyl or cyclic N) is 1. The van der Waals surface area contributed by atoms with E-state index in [1.807, 2.05) is 20.8 Å². The monoisotopic (exact) mass is 202 g/mol. The molecule has 0 unspecified atom stereocenters. The Balaban J connectivity index is 2.83. The van der Waals surface area contributed by atoms with Gasteiger partial charge in [0.15, 0.2) is 0 Å². The molecule has 1 saturated heterocycles. The molecule has 2 atom stereocenters. The highest BCUT2D eigenvalue weighted by atomic mass is 16.4. The second kappa shape index (κ2) is 3.74. The summed E-state index contributed by atoms with van der Waals surface area (Å²) in [5.41, 5.74) is -0.483. The first kappa shape index (κ1) is 11.3. The molecule has 1 rings (SSSR count). The van der Waals surface area contributed by atoms with E-state index in [1.165, 1.54) is 4.90 Å². The maximum absolute atomic E-state index is 11.1. The Hall–Kier alpha value is -0.810. The molecule has 1 aliphatic rings. The molecular formula is C9H18N2O3. The molecule has 1 fully saturated rings. The Morgan fingerprint density at radius 3 is 2.29 bits per heavy atom. The fourth-order valence-corrected chi connectivity index (χ4v) is 1.84. The van der Waals surface area contributed by atoms with Gasteiger partial charge in [-0.05, 0) is 20.8 Å². The molecule has 1 aliphatic heterocycles. The summed E-state index contributed by atoms with van der Waals surface area (Å²) in [6.45, 7) is 6.46. The molecular weight excluding hydrogens is 184 g/mol. The molecule has 14 heavy (non-hydrogen) atoms. The van der Waals surface area contributed by atoms with Gasteiger partial charge in [0.05, 0.1) is 12.1 Å². The minimum Gasteiger partial charge on any atom is -0.465 e. The summed E-state index contributed by atoms with van der Waals surface area (Å²) in [6, 6.07) is -0.340. The summed E-state index contributed by atoms with van der Waals surface area (Å²) in [5, 5.41) is 21.7. The number of carbonyl (C=O) groups is 1. The highest BCUT2D eigenvalue weighted by molar-refractivity contribution is 5.66. The van der Waals surface area contributed by atoms with E-state index >= 15 is 0 Å². The van der Waals surface area contributed by atoms with Crippen molar-refractivity contribution in [1.82, 2.24) is 10.2 Å². The van der Waals surface area contributed by atoms with Crippen molar-refractivity contribution in [2.24, 2.45) is 0 Å². The van der Waals surface area contributed by atoms with E-state index < -0.39 is 17.7 Å². The molecule has 0 aromatic rings. The lowest BCUT2D eigenvalue weighted by Gasteiger charge is -2.38. The van der Waals surface area contributed by atoms with Gasteiger partial charge in [0, 0.05) is 18.6 Å². The highest BCUT2D eigenvalue weighted by Gasteiger charge is 2.39. The van der Waals surface area contributed by atoms with Gasteiger partial charge in [-0.25, -0.2) is 4.79 Å². The van der Waals surface area contributed by atoms with Gasteiger partial charge in [-0.1, -0.05) is 0 Å². The van der Waals surface area contributed by atoms with Gasteiger partial charge in [0.25, 0.3) is 0 Å². The summed E-state index contributed by atoms with van der Waals surface area (Å²) >= 11 is 0. The van der Waals surface area contributed by atoms with Crippen molar-refractivity contribution >= 4 is 6.09 Å². The zero-order chi connectivity index (χ0) is 10.9. The first-order valence-electron chi connectivity index (χ1n) is 4.75. The average molecular weight is 202 g/mol. The van der Waals surface area contributed by atoms with Crippen LogP contribution in [0.1, 0.15) is 20.8 Å². The molecule has 0 aromatic heterocycles. The molecule has 5 nitrogen and oxygen atoms in total. The predicted molar refractivity (Wildman–Crippen MR) is 52.3 cm³/mol. The molecule has 0 radical (unpaired) electrons.